The van der Waals surface area contributed by atoms with E-state index in [1.807, 2.05) is 11.0 Å². The van der Waals surface area contributed by atoms with Crippen molar-refractivity contribution in [2.24, 2.45) is 5.92 Å². The van der Waals surface area contributed by atoms with Crippen molar-refractivity contribution in [3.8, 4) is 0 Å². The predicted octanol–water partition coefficient (Wildman–Crippen LogP) is 2.81. The Labute approximate surface area is 162 Å². The Bertz CT molecular complexity index is 638. The van der Waals surface area contributed by atoms with Crippen LogP contribution < -0.4 is 5.32 Å². The summed E-state index contributed by atoms with van der Waals surface area (Å²) in [5.41, 5.74) is 1.30. The van der Waals surface area contributed by atoms with E-state index in [1.165, 1.54) is 31.2 Å². The van der Waals surface area contributed by atoms with Crippen molar-refractivity contribution in [3.63, 3.8) is 0 Å². The maximum atomic E-state index is 12.4. The van der Waals surface area contributed by atoms with E-state index >= 15 is 0 Å². The molecule has 148 valence electrons. The van der Waals surface area contributed by atoms with E-state index in [0.29, 0.717) is 5.92 Å². The molecule has 4 rings (SSSR count). The molecule has 27 heavy (non-hydrogen) atoms. The number of urea groups is 1. The standard InChI is InChI=1S/C22H33N3O2/c1-2-12-23-21(27)24-15-22(16-24)20(18-10-4-3-5-11-18)19(14-26)25(22)13-17-8-6-7-9-17/h3-5,10-11,17,19-20,26H,2,6-9,12-16H2,1H3,(H,23,27)/t19-,20-/m1/s1. The van der Waals surface area contributed by atoms with Crippen LogP contribution in [0.3, 0.4) is 0 Å². The topological polar surface area (TPSA) is 55.8 Å². The lowest BCUT2D eigenvalue weighted by Gasteiger charge is -2.71. The quantitative estimate of drug-likeness (QED) is 0.808. The number of benzene rings is 1. The van der Waals surface area contributed by atoms with Gasteiger partial charge in [0, 0.05) is 38.1 Å². The van der Waals surface area contributed by atoms with Gasteiger partial charge in [-0.1, -0.05) is 50.1 Å². The SMILES string of the molecule is CCCNC(=O)N1CC2(C1)[C@H](c1ccccc1)[C@@H](CO)N2CC1CCCC1. The van der Waals surface area contributed by atoms with E-state index in [4.69, 9.17) is 0 Å². The monoisotopic (exact) mass is 371 g/mol. The van der Waals surface area contributed by atoms with Crippen LogP contribution in [0.4, 0.5) is 4.79 Å². The van der Waals surface area contributed by atoms with Crippen LogP contribution in [0.1, 0.15) is 50.5 Å². The number of carbonyl (C=O) groups excluding carboxylic acids is 1. The third-order valence-electron chi connectivity index (χ3n) is 6.95. The highest BCUT2D eigenvalue weighted by Crippen LogP contribution is 2.54. The molecule has 2 saturated heterocycles. The molecule has 1 aliphatic carbocycles. The molecule has 2 amide bonds. The van der Waals surface area contributed by atoms with Crippen molar-refractivity contribution in [2.75, 3.05) is 32.8 Å². The summed E-state index contributed by atoms with van der Waals surface area (Å²) < 4.78 is 0. The molecule has 0 bridgehead atoms. The van der Waals surface area contributed by atoms with Crippen LogP contribution in [0.5, 0.6) is 0 Å². The second-order valence-corrected chi connectivity index (χ2v) is 8.63. The number of likely N-dealkylation sites (tertiary alicyclic amines) is 2. The molecule has 1 spiro atoms. The molecular formula is C22H33N3O2. The number of nitrogens with zero attached hydrogens (tertiary/aromatic N) is 2. The average molecular weight is 372 g/mol. The average Bonchev–Trinajstić information content (AvgIpc) is 3.16. The summed E-state index contributed by atoms with van der Waals surface area (Å²) in [6, 6.07) is 10.8. The van der Waals surface area contributed by atoms with E-state index in [1.54, 1.807) is 0 Å². The predicted molar refractivity (Wildman–Crippen MR) is 107 cm³/mol. The van der Waals surface area contributed by atoms with Crippen LogP contribution in [0, 0.1) is 5.92 Å². The highest BCUT2D eigenvalue weighted by Gasteiger charge is 2.66. The third kappa shape index (κ3) is 3.25. The van der Waals surface area contributed by atoms with Gasteiger partial charge in [-0.2, -0.15) is 0 Å². The summed E-state index contributed by atoms with van der Waals surface area (Å²) in [7, 11) is 0. The second kappa shape index (κ2) is 7.80. The van der Waals surface area contributed by atoms with Gasteiger partial charge in [0.2, 0.25) is 0 Å². The molecule has 3 fully saturated rings. The molecule has 1 saturated carbocycles. The van der Waals surface area contributed by atoms with Crippen molar-refractivity contribution in [1.29, 1.82) is 0 Å². The minimum absolute atomic E-state index is 0.000888. The van der Waals surface area contributed by atoms with Gasteiger partial charge in [0.25, 0.3) is 0 Å². The first kappa shape index (κ1) is 18.8. The molecule has 2 atom stereocenters. The Morgan fingerprint density at radius 3 is 2.56 bits per heavy atom. The minimum Gasteiger partial charge on any atom is -0.395 e. The Hall–Kier alpha value is -1.59. The van der Waals surface area contributed by atoms with Gasteiger partial charge >= 0.3 is 6.03 Å². The van der Waals surface area contributed by atoms with Gasteiger partial charge in [0.1, 0.15) is 0 Å². The molecule has 3 aliphatic rings. The van der Waals surface area contributed by atoms with Crippen LogP contribution in [-0.2, 0) is 0 Å². The maximum Gasteiger partial charge on any atom is 0.317 e. The lowest BCUT2D eigenvalue weighted by molar-refractivity contribution is -0.182. The molecule has 2 N–H and O–H groups in total. The Morgan fingerprint density at radius 1 is 1.22 bits per heavy atom. The Kier molecular flexibility index (Phi) is 5.42. The summed E-state index contributed by atoms with van der Waals surface area (Å²) in [6.45, 7) is 5.60. The number of aliphatic hydroxyl groups excluding tert-OH is 1. The van der Waals surface area contributed by atoms with E-state index < -0.39 is 0 Å². The second-order valence-electron chi connectivity index (χ2n) is 8.63. The number of carbonyl (C=O) groups is 1. The molecule has 2 heterocycles. The molecular weight excluding hydrogens is 338 g/mol. The fraction of sp³-hybridized carbons (Fsp3) is 0.682. The van der Waals surface area contributed by atoms with Gasteiger partial charge < -0.3 is 15.3 Å². The first-order chi connectivity index (χ1) is 13.2. The summed E-state index contributed by atoms with van der Waals surface area (Å²) in [5, 5.41) is 13.2. The van der Waals surface area contributed by atoms with Crippen LogP contribution in [-0.4, -0.2) is 65.3 Å². The number of aliphatic hydroxyl groups is 1. The minimum atomic E-state index is 0.000888. The zero-order valence-corrected chi connectivity index (χ0v) is 16.4. The normalized spacial score (nSPS) is 27.4. The Morgan fingerprint density at radius 2 is 1.93 bits per heavy atom. The van der Waals surface area contributed by atoms with Gasteiger partial charge in [-0.15, -0.1) is 0 Å². The van der Waals surface area contributed by atoms with Crippen LogP contribution >= 0.6 is 0 Å². The summed E-state index contributed by atoms with van der Waals surface area (Å²) in [6.07, 6.45) is 6.24. The molecule has 5 nitrogen and oxygen atoms in total. The number of rotatable bonds is 6. The first-order valence-corrected chi connectivity index (χ1v) is 10.6. The van der Waals surface area contributed by atoms with Gasteiger partial charge in [0.15, 0.2) is 0 Å². The van der Waals surface area contributed by atoms with E-state index in [2.05, 4.69) is 41.4 Å². The Balaban J connectivity index is 1.53. The van der Waals surface area contributed by atoms with Crippen molar-refractivity contribution in [1.82, 2.24) is 15.1 Å². The molecule has 0 unspecified atom stereocenters. The number of hydrogen-bond donors (Lipinski definition) is 2. The molecule has 5 heteroatoms. The van der Waals surface area contributed by atoms with Crippen molar-refractivity contribution >= 4 is 6.03 Å². The summed E-state index contributed by atoms with van der Waals surface area (Å²) >= 11 is 0. The molecule has 1 aromatic rings. The fourth-order valence-corrected chi connectivity index (χ4v) is 5.63. The van der Waals surface area contributed by atoms with E-state index in [0.717, 1.165) is 38.5 Å². The maximum absolute atomic E-state index is 12.4. The van der Waals surface area contributed by atoms with Crippen LogP contribution in [0.2, 0.25) is 0 Å². The smallest absolute Gasteiger partial charge is 0.317 e. The van der Waals surface area contributed by atoms with Crippen LogP contribution in [0.15, 0.2) is 30.3 Å². The fourth-order valence-electron chi connectivity index (χ4n) is 5.63. The van der Waals surface area contributed by atoms with Crippen molar-refractivity contribution in [2.45, 2.75) is 56.5 Å². The zero-order valence-electron chi connectivity index (χ0n) is 16.4. The van der Waals surface area contributed by atoms with E-state index in [9.17, 15) is 9.90 Å². The lowest BCUT2D eigenvalue weighted by atomic mass is 9.60. The zero-order chi connectivity index (χ0) is 18.9. The third-order valence-corrected chi connectivity index (χ3v) is 6.95. The largest absolute Gasteiger partial charge is 0.395 e. The molecule has 0 aromatic heterocycles. The first-order valence-electron chi connectivity index (χ1n) is 10.6. The van der Waals surface area contributed by atoms with Gasteiger partial charge in [-0.05, 0) is 30.7 Å². The summed E-state index contributed by atoms with van der Waals surface area (Å²) in [4.78, 5) is 16.9. The number of nitrogens with one attached hydrogen (secondary N) is 1. The van der Waals surface area contributed by atoms with Gasteiger partial charge in [-0.25, -0.2) is 4.79 Å². The number of hydrogen-bond acceptors (Lipinski definition) is 3. The van der Waals surface area contributed by atoms with E-state index in [-0.39, 0.29) is 24.2 Å². The van der Waals surface area contributed by atoms with Gasteiger partial charge in [0.05, 0.1) is 12.1 Å². The van der Waals surface area contributed by atoms with Crippen LogP contribution in [0.25, 0.3) is 0 Å². The highest BCUT2D eigenvalue weighted by atomic mass is 16.3. The van der Waals surface area contributed by atoms with Gasteiger partial charge in [-0.3, -0.25) is 4.90 Å². The highest BCUT2D eigenvalue weighted by molar-refractivity contribution is 5.76. The molecule has 0 radical (unpaired) electrons. The lowest BCUT2D eigenvalue weighted by Crippen LogP contribution is -2.85. The summed E-state index contributed by atoms with van der Waals surface area (Å²) in [5.74, 6) is 1.05. The molecule has 2 aliphatic heterocycles. The van der Waals surface area contributed by atoms with Crippen molar-refractivity contribution in [3.05, 3.63) is 35.9 Å². The number of amides is 2. The molecule has 1 aromatic carbocycles. The van der Waals surface area contributed by atoms with Crippen molar-refractivity contribution < 1.29 is 9.90 Å².